The van der Waals surface area contributed by atoms with Crippen molar-refractivity contribution < 1.29 is 9.53 Å². The Morgan fingerprint density at radius 1 is 0.800 bits per heavy atom. The van der Waals surface area contributed by atoms with Crippen molar-refractivity contribution in [1.29, 1.82) is 0 Å². The number of carbonyl (C=O) groups is 1. The van der Waals surface area contributed by atoms with Gasteiger partial charge in [-0.05, 0) is 35.4 Å². The van der Waals surface area contributed by atoms with E-state index in [1.807, 2.05) is 84.9 Å². The highest BCUT2D eigenvalue weighted by atomic mass is 16.5. The normalized spacial score (nSPS) is 10.3. The number of carbonyl (C=O) groups excluding carboxylic acids is 1. The van der Waals surface area contributed by atoms with Crippen LogP contribution in [-0.4, -0.2) is 13.0 Å². The van der Waals surface area contributed by atoms with Gasteiger partial charge < -0.3 is 9.64 Å². The molecule has 3 aromatic rings. The largest absolute Gasteiger partial charge is 0.489 e. The molecule has 3 rings (SSSR count). The summed E-state index contributed by atoms with van der Waals surface area (Å²) in [5.41, 5.74) is 3.00. The van der Waals surface area contributed by atoms with E-state index in [2.05, 4.69) is 0 Å². The highest BCUT2D eigenvalue weighted by molar-refractivity contribution is 5.94. The van der Waals surface area contributed by atoms with Crippen LogP contribution in [0.5, 0.6) is 5.75 Å². The fourth-order valence-corrected chi connectivity index (χ4v) is 2.54. The fourth-order valence-electron chi connectivity index (χ4n) is 2.54. The number of hydrogen-bond donors (Lipinski definition) is 0. The topological polar surface area (TPSA) is 29.5 Å². The van der Waals surface area contributed by atoms with Gasteiger partial charge in [0.2, 0.25) is 5.91 Å². The van der Waals surface area contributed by atoms with Gasteiger partial charge in [-0.2, -0.15) is 0 Å². The van der Waals surface area contributed by atoms with Crippen molar-refractivity contribution in [3.63, 3.8) is 0 Å². The first-order valence-corrected chi connectivity index (χ1v) is 8.29. The molecule has 3 heteroatoms. The van der Waals surface area contributed by atoms with Crippen LogP contribution < -0.4 is 9.64 Å². The second-order valence-electron chi connectivity index (χ2n) is 5.88. The molecule has 0 saturated carbocycles. The Balaban J connectivity index is 1.58. The van der Waals surface area contributed by atoms with Crippen LogP contribution >= 0.6 is 0 Å². The Morgan fingerprint density at radius 2 is 1.36 bits per heavy atom. The van der Waals surface area contributed by atoms with Crippen LogP contribution in [0.4, 0.5) is 5.69 Å². The van der Waals surface area contributed by atoms with E-state index >= 15 is 0 Å². The summed E-state index contributed by atoms with van der Waals surface area (Å²) in [5, 5.41) is 0. The SMILES string of the molecule is CN(C(=O)Cc1ccccc1)c1ccc(OCc2ccccc2)cc1. The van der Waals surface area contributed by atoms with Gasteiger partial charge in [-0.3, -0.25) is 4.79 Å². The molecule has 0 aromatic heterocycles. The van der Waals surface area contributed by atoms with Gasteiger partial charge in [0.15, 0.2) is 0 Å². The van der Waals surface area contributed by atoms with Crippen molar-refractivity contribution in [2.24, 2.45) is 0 Å². The summed E-state index contributed by atoms with van der Waals surface area (Å²) in [6.45, 7) is 0.531. The van der Waals surface area contributed by atoms with E-state index in [1.54, 1.807) is 11.9 Å². The summed E-state index contributed by atoms with van der Waals surface area (Å²) in [7, 11) is 1.80. The summed E-state index contributed by atoms with van der Waals surface area (Å²) in [4.78, 5) is 14.1. The average molecular weight is 331 g/mol. The van der Waals surface area contributed by atoms with Gasteiger partial charge >= 0.3 is 0 Å². The molecule has 0 heterocycles. The Morgan fingerprint density at radius 3 is 1.96 bits per heavy atom. The molecule has 126 valence electrons. The molecule has 25 heavy (non-hydrogen) atoms. The zero-order chi connectivity index (χ0) is 17.5. The maximum Gasteiger partial charge on any atom is 0.231 e. The van der Waals surface area contributed by atoms with Crippen LogP contribution in [0.2, 0.25) is 0 Å². The molecule has 1 amide bonds. The summed E-state index contributed by atoms with van der Waals surface area (Å²) in [6, 6.07) is 27.4. The predicted molar refractivity (Wildman–Crippen MR) is 101 cm³/mol. The number of anilines is 1. The van der Waals surface area contributed by atoms with Crippen molar-refractivity contribution in [1.82, 2.24) is 0 Å². The molecule has 0 radical (unpaired) electrons. The molecule has 0 atom stereocenters. The number of nitrogens with zero attached hydrogens (tertiary/aromatic N) is 1. The number of amides is 1. The lowest BCUT2D eigenvalue weighted by Gasteiger charge is -2.18. The van der Waals surface area contributed by atoms with Crippen molar-refractivity contribution >= 4 is 11.6 Å². The average Bonchev–Trinajstić information content (AvgIpc) is 2.68. The van der Waals surface area contributed by atoms with Crippen molar-refractivity contribution in [2.45, 2.75) is 13.0 Å². The van der Waals surface area contributed by atoms with Gasteiger partial charge in [0.1, 0.15) is 12.4 Å². The van der Waals surface area contributed by atoms with Gasteiger partial charge in [-0.15, -0.1) is 0 Å². The smallest absolute Gasteiger partial charge is 0.231 e. The lowest BCUT2D eigenvalue weighted by atomic mass is 10.1. The van der Waals surface area contributed by atoms with Crippen LogP contribution in [0.25, 0.3) is 0 Å². The predicted octanol–water partition coefficient (Wildman–Crippen LogP) is 4.47. The van der Waals surface area contributed by atoms with Crippen LogP contribution in [0, 0.1) is 0 Å². The number of rotatable bonds is 6. The van der Waals surface area contributed by atoms with Crippen molar-refractivity contribution in [3.05, 3.63) is 96.1 Å². The van der Waals surface area contributed by atoms with Crippen molar-refractivity contribution in [3.8, 4) is 5.75 Å². The fraction of sp³-hybridized carbons (Fsp3) is 0.136. The Kier molecular flexibility index (Phi) is 5.47. The van der Waals surface area contributed by atoms with Gasteiger partial charge in [0.25, 0.3) is 0 Å². The first-order chi connectivity index (χ1) is 12.2. The molecular formula is C22H21NO2. The van der Waals surface area contributed by atoms with Gasteiger partial charge in [0, 0.05) is 12.7 Å². The summed E-state index contributed by atoms with van der Waals surface area (Å²) in [5.74, 6) is 0.848. The van der Waals surface area contributed by atoms with Crippen LogP contribution in [0.3, 0.4) is 0 Å². The van der Waals surface area contributed by atoms with Crippen LogP contribution in [0.1, 0.15) is 11.1 Å². The van der Waals surface area contributed by atoms with E-state index in [4.69, 9.17) is 4.74 Å². The van der Waals surface area contributed by atoms with Gasteiger partial charge in [0.05, 0.1) is 6.42 Å². The third-order valence-corrected chi connectivity index (χ3v) is 4.04. The Hall–Kier alpha value is -3.07. The maximum atomic E-state index is 12.4. The van der Waals surface area contributed by atoms with E-state index in [0.717, 1.165) is 22.6 Å². The van der Waals surface area contributed by atoms with Crippen molar-refractivity contribution in [2.75, 3.05) is 11.9 Å². The summed E-state index contributed by atoms with van der Waals surface area (Å²) >= 11 is 0. The van der Waals surface area contributed by atoms with E-state index in [9.17, 15) is 4.79 Å². The number of likely N-dealkylation sites (N-methyl/N-ethyl adjacent to an activating group) is 1. The van der Waals surface area contributed by atoms with E-state index in [1.165, 1.54) is 0 Å². The number of hydrogen-bond acceptors (Lipinski definition) is 2. The molecule has 0 spiro atoms. The molecule has 0 N–H and O–H groups in total. The molecule has 0 aliphatic heterocycles. The Labute approximate surface area is 148 Å². The lowest BCUT2D eigenvalue weighted by Crippen LogP contribution is -2.27. The standard InChI is InChI=1S/C22H21NO2/c1-23(22(24)16-18-8-4-2-5-9-18)20-12-14-21(15-13-20)25-17-19-10-6-3-7-11-19/h2-15H,16-17H2,1H3. The molecule has 0 aliphatic rings. The highest BCUT2D eigenvalue weighted by Gasteiger charge is 2.11. The van der Waals surface area contributed by atoms with E-state index in [-0.39, 0.29) is 5.91 Å². The zero-order valence-electron chi connectivity index (χ0n) is 14.3. The second kappa shape index (κ2) is 8.15. The minimum Gasteiger partial charge on any atom is -0.489 e. The second-order valence-corrected chi connectivity index (χ2v) is 5.88. The quantitative estimate of drug-likeness (QED) is 0.667. The molecule has 0 bridgehead atoms. The van der Waals surface area contributed by atoms with E-state index < -0.39 is 0 Å². The third kappa shape index (κ3) is 4.70. The maximum absolute atomic E-state index is 12.4. The number of ether oxygens (including phenoxy) is 1. The van der Waals surface area contributed by atoms with Crippen LogP contribution in [-0.2, 0) is 17.8 Å². The Bertz CT molecular complexity index is 798. The molecule has 3 nitrogen and oxygen atoms in total. The summed E-state index contributed by atoms with van der Waals surface area (Å²) < 4.78 is 5.78. The number of benzene rings is 3. The van der Waals surface area contributed by atoms with Gasteiger partial charge in [-0.1, -0.05) is 60.7 Å². The minimum atomic E-state index is 0.0594. The zero-order valence-corrected chi connectivity index (χ0v) is 14.3. The highest BCUT2D eigenvalue weighted by Crippen LogP contribution is 2.20. The molecule has 0 aliphatic carbocycles. The first kappa shape index (κ1) is 16.8. The van der Waals surface area contributed by atoms with E-state index in [0.29, 0.717) is 13.0 Å². The molecule has 0 fully saturated rings. The molecule has 0 unspecified atom stereocenters. The summed E-state index contributed by atoms with van der Waals surface area (Å²) in [6.07, 6.45) is 0.392. The lowest BCUT2D eigenvalue weighted by molar-refractivity contribution is -0.117. The molecule has 3 aromatic carbocycles. The van der Waals surface area contributed by atoms with Crippen LogP contribution in [0.15, 0.2) is 84.9 Å². The first-order valence-electron chi connectivity index (χ1n) is 8.29. The monoisotopic (exact) mass is 331 g/mol. The third-order valence-electron chi connectivity index (χ3n) is 4.04. The molecular weight excluding hydrogens is 310 g/mol. The van der Waals surface area contributed by atoms with Gasteiger partial charge in [-0.25, -0.2) is 0 Å². The minimum absolute atomic E-state index is 0.0594. The molecule has 0 saturated heterocycles.